The minimum Gasteiger partial charge on any atom is -0.391 e. The van der Waals surface area contributed by atoms with E-state index in [0.29, 0.717) is 6.61 Å². The maximum absolute atomic E-state index is 13.4. The van der Waals surface area contributed by atoms with Crippen molar-refractivity contribution in [2.75, 3.05) is 19.7 Å². The molecule has 2 aromatic rings. The van der Waals surface area contributed by atoms with E-state index in [1.54, 1.807) is 12.1 Å². The Bertz CT molecular complexity index is 719. The number of piperidine rings is 1. The van der Waals surface area contributed by atoms with Crippen molar-refractivity contribution in [1.29, 1.82) is 0 Å². The first-order chi connectivity index (χ1) is 11.0. The van der Waals surface area contributed by atoms with E-state index in [0.717, 1.165) is 61.1 Å². The molecule has 0 radical (unpaired) electrons. The highest BCUT2D eigenvalue weighted by Crippen LogP contribution is 2.36. The van der Waals surface area contributed by atoms with Crippen LogP contribution in [0.25, 0.3) is 10.9 Å². The topological polar surface area (TPSA) is 48.5 Å². The summed E-state index contributed by atoms with van der Waals surface area (Å²) in [6.45, 7) is 5.31. The van der Waals surface area contributed by atoms with Crippen LogP contribution in [0.1, 0.15) is 30.5 Å². The number of H-pyrrole nitrogens is 1. The third-order valence-corrected chi connectivity index (χ3v) is 5.46. The van der Waals surface area contributed by atoms with Crippen molar-refractivity contribution in [3.8, 4) is 0 Å². The van der Waals surface area contributed by atoms with Gasteiger partial charge in [-0.3, -0.25) is 4.90 Å². The summed E-state index contributed by atoms with van der Waals surface area (Å²) in [6.07, 6.45) is 2.41. The highest BCUT2D eigenvalue weighted by molar-refractivity contribution is 5.84. The number of halogens is 1. The molecular weight excluding hydrogens is 295 g/mol. The number of rotatable bonds is 2. The van der Waals surface area contributed by atoms with Gasteiger partial charge in [-0.25, -0.2) is 4.39 Å². The smallest absolute Gasteiger partial charge is 0.123 e. The maximum Gasteiger partial charge on any atom is 0.123 e. The minimum absolute atomic E-state index is 0.103. The normalized spacial score (nSPS) is 24.7. The lowest BCUT2D eigenvalue weighted by atomic mass is 9.88. The first-order valence-corrected chi connectivity index (χ1v) is 8.36. The van der Waals surface area contributed by atoms with Gasteiger partial charge in [0.25, 0.3) is 0 Å². The van der Waals surface area contributed by atoms with Crippen molar-refractivity contribution >= 4 is 10.9 Å². The summed E-state index contributed by atoms with van der Waals surface area (Å²) in [4.78, 5) is 5.84. The maximum atomic E-state index is 13.4. The number of fused-ring (bicyclic) bond motifs is 1. The zero-order valence-electron chi connectivity index (χ0n) is 13.4. The number of aryl methyl sites for hydroxylation is 1. The summed E-state index contributed by atoms with van der Waals surface area (Å²) in [7, 11) is 0. The van der Waals surface area contributed by atoms with E-state index in [-0.39, 0.29) is 17.5 Å². The van der Waals surface area contributed by atoms with Gasteiger partial charge in [0.15, 0.2) is 0 Å². The largest absolute Gasteiger partial charge is 0.391 e. The Balaban J connectivity index is 1.46. The SMILES string of the molecule is Cc1c(CN2CCC3(CC2)CC(O)CO3)[nH]c2ccc(F)cc12. The third-order valence-electron chi connectivity index (χ3n) is 5.46. The molecule has 2 aliphatic heterocycles. The number of aliphatic hydroxyl groups is 1. The number of aromatic nitrogens is 1. The molecule has 23 heavy (non-hydrogen) atoms. The van der Waals surface area contributed by atoms with Crippen molar-refractivity contribution in [3.05, 3.63) is 35.3 Å². The molecule has 1 unspecified atom stereocenters. The van der Waals surface area contributed by atoms with Crippen LogP contribution in [0.3, 0.4) is 0 Å². The molecule has 2 N–H and O–H groups in total. The highest BCUT2D eigenvalue weighted by atomic mass is 19.1. The molecule has 124 valence electrons. The zero-order chi connectivity index (χ0) is 16.0. The monoisotopic (exact) mass is 318 g/mol. The summed E-state index contributed by atoms with van der Waals surface area (Å²) in [5.74, 6) is -0.192. The van der Waals surface area contributed by atoms with Crippen molar-refractivity contribution < 1.29 is 14.2 Å². The second-order valence-electron chi connectivity index (χ2n) is 7.05. The van der Waals surface area contributed by atoms with Crippen LogP contribution in [-0.2, 0) is 11.3 Å². The fraction of sp³-hybridized carbons (Fsp3) is 0.556. The van der Waals surface area contributed by atoms with Crippen molar-refractivity contribution in [2.24, 2.45) is 0 Å². The van der Waals surface area contributed by atoms with Gasteiger partial charge in [-0.2, -0.15) is 0 Å². The van der Waals surface area contributed by atoms with Crippen LogP contribution >= 0.6 is 0 Å². The Morgan fingerprint density at radius 2 is 2.17 bits per heavy atom. The number of aliphatic hydroxyl groups excluding tert-OH is 1. The summed E-state index contributed by atoms with van der Waals surface area (Å²) in [6, 6.07) is 4.90. The first-order valence-electron chi connectivity index (χ1n) is 8.36. The molecule has 1 aromatic heterocycles. The number of hydrogen-bond acceptors (Lipinski definition) is 3. The molecule has 1 atom stereocenters. The molecule has 0 aliphatic carbocycles. The third kappa shape index (κ3) is 2.77. The standard InChI is InChI=1S/C18H23FN2O2/c1-12-15-8-13(19)2-3-16(15)20-17(12)10-21-6-4-18(5-7-21)9-14(22)11-23-18/h2-3,8,14,20,22H,4-7,9-11H2,1H3. The Morgan fingerprint density at radius 1 is 1.39 bits per heavy atom. The Hall–Kier alpha value is -1.43. The zero-order valence-corrected chi connectivity index (χ0v) is 13.4. The second-order valence-corrected chi connectivity index (χ2v) is 7.05. The molecular formula is C18H23FN2O2. The number of aromatic amines is 1. The number of benzene rings is 1. The van der Waals surface area contributed by atoms with Gasteiger partial charge in [-0.05, 0) is 43.5 Å². The number of hydrogen-bond donors (Lipinski definition) is 2. The Kier molecular flexibility index (Phi) is 3.67. The summed E-state index contributed by atoms with van der Waals surface area (Å²) in [5, 5.41) is 10.7. The quantitative estimate of drug-likeness (QED) is 0.895. The van der Waals surface area contributed by atoms with E-state index in [2.05, 4.69) is 16.8 Å². The molecule has 1 aromatic carbocycles. The van der Waals surface area contributed by atoms with Gasteiger partial charge >= 0.3 is 0 Å². The fourth-order valence-electron chi connectivity index (χ4n) is 4.02. The van der Waals surface area contributed by atoms with Crippen LogP contribution in [0.2, 0.25) is 0 Å². The van der Waals surface area contributed by atoms with Crippen LogP contribution in [0, 0.1) is 12.7 Å². The van der Waals surface area contributed by atoms with E-state index in [1.165, 1.54) is 6.07 Å². The molecule has 0 saturated carbocycles. The van der Waals surface area contributed by atoms with Crippen LogP contribution in [-0.4, -0.2) is 46.4 Å². The van der Waals surface area contributed by atoms with Gasteiger partial charge in [0.2, 0.25) is 0 Å². The first kappa shape index (κ1) is 15.1. The van der Waals surface area contributed by atoms with Gasteiger partial charge in [0.05, 0.1) is 18.3 Å². The van der Waals surface area contributed by atoms with Gasteiger partial charge in [-0.1, -0.05) is 0 Å². The fourth-order valence-corrected chi connectivity index (χ4v) is 4.02. The van der Waals surface area contributed by atoms with Gasteiger partial charge in [-0.15, -0.1) is 0 Å². The van der Waals surface area contributed by atoms with Crippen molar-refractivity contribution in [3.63, 3.8) is 0 Å². The van der Waals surface area contributed by atoms with Gasteiger partial charge in [0, 0.05) is 42.7 Å². The number of nitrogens with zero attached hydrogens (tertiary/aromatic N) is 1. The van der Waals surface area contributed by atoms with Crippen molar-refractivity contribution in [2.45, 2.75) is 44.4 Å². The summed E-state index contributed by atoms with van der Waals surface area (Å²) >= 11 is 0. The van der Waals surface area contributed by atoms with E-state index in [1.807, 2.05) is 0 Å². The van der Waals surface area contributed by atoms with Crippen LogP contribution in [0.5, 0.6) is 0 Å². The van der Waals surface area contributed by atoms with E-state index < -0.39 is 0 Å². The van der Waals surface area contributed by atoms with E-state index >= 15 is 0 Å². The molecule has 4 rings (SSSR count). The Morgan fingerprint density at radius 3 is 2.87 bits per heavy atom. The molecule has 0 bridgehead atoms. The molecule has 3 heterocycles. The van der Waals surface area contributed by atoms with E-state index in [4.69, 9.17) is 4.74 Å². The predicted molar refractivity (Wildman–Crippen MR) is 86.8 cm³/mol. The van der Waals surface area contributed by atoms with Crippen LogP contribution in [0.4, 0.5) is 4.39 Å². The average molecular weight is 318 g/mol. The lowest BCUT2D eigenvalue weighted by molar-refractivity contribution is -0.0458. The molecule has 5 heteroatoms. The predicted octanol–water partition coefficient (Wildman–Crippen LogP) is 2.73. The van der Waals surface area contributed by atoms with Gasteiger partial charge < -0.3 is 14.8 Å². The average Bonchev–Trinajstić information content (AvgIpc) is 3.04. The minimum atomic E-state index is -0.299. The molecule has 4 nitrogen and oxygen atoms in total. The molecule has 0 amide bonds. The number of nitrogens with one attached hydrogen (secondary N) is 1. The summed E-state index contributed by atoms with van der Waals surface area (Å²) in [5.41, 5.74) is 3.19. The highest BCUT2D eigenvalue weighted by Gasteiger charge is 2.42. The molecule has 2 saturated heterocycles. The molecule has 2 aliphatic rings. The van der Waals surface area contributed by atoms with E-state index in [9.17, 15) is 9.50 Å². The summed E-state index contributed by atoms with van der Waals surface area (Å²) < 4.78 is 19.3. The Labute approximate surface area is 135 Å². The number of likely N-dealkylation sites (tertiary alicyclic amines) is 1. The molecule has 1 spiro atoms. The lowest BCUT2D eigenvalue weighted by Gasteiger charge is -2.38. The second kappa shape index (κ2) is 5.58. The van der Waals surface area contributed by atoms with Crippen LogP contribution in [0.15, 0.2) is 18.2 Å². The van der Waals surface area contributed by atoms with Crippen LogP contribution < -0.4 is 0 Å². The number of ether oxygens (including phenoxy) is 1. The van der Waals surface area contributed by atoms with Gasteiger partial charge in [0.1, 0.15) is 5.82 Å². The lowest BCUT2D eigenvalue weighted by Crippen LogP contribution is -2.44. The molecule has 2 fully saturated rings. The van der Waals surface area contributed by atoms with Crippen molar-refractivity contribution in [1.82, 2.24) is 9.88 Å².